The van der Waals surface area contributed by atoms with Crippen molar-refractivity contribution in [3.63, 3.8) is 0 Å². The molecule has 2 unspecified atom stereocenters. The maximum absolute atomic E-state index is 12.3. The fourth-order valence-electron chi connectivity index (χ4n) is 1.69. The average Bonchev–Trinajstić information content (AvgIpc) is 2.21. The van der Waals surface area contributed by atoms with Crippen molar-refractivity contribution in [2.24, 2.45) is 0 Å². The van der Waals surface area contributed by atoms with Crippen LogP contribution in [-0.2, 0) is 4.79 Å². The highest BCUT2D eigenvalue weighted by molar-refractivity contribution is 8.00. The fourth-order valence-corrected chi connectivity index (χ4v) is 2.79. The lowest BCUT2D eigenvalue weighted by atomic mass is 10.0. The number of nitrogens with one attached hydrogen (secondary N) is 1. The molecule has 1 amide bonds. The summed E-state index contributed by atoms with van der Waals surface area (Å²) in [6.07, 6.45) is 0. The molecule has 0 bridgehead atoms. The van der Waals surface area contributed by atoms with Crippen molar-refractivity contribution in [2.75, 3.05) is 19.3 Å². The molecule has 0 spiro atoms. The van der Waals surface area contributed by atoms with Gasteiger partial charge in [-0.1, -0.05) is 6.92 Å². The van der Waals surface area contributed by atoms with Crippen molar-refractivity contribution in [2.45, 2.75) is 44.5 Å². The predicted octanol–water partition coefficient (Wildman–Crippen LogP) is 1.34. The third kappa shape index (κ3) is 2.67. The number of amides is 1. The summed E-state index contributed by atoms with van der Waals surface area (Å²) < 4.78 is 0. The summed E-state index contributed by atoms with van der Waals surface area (Å²) in [5.41, 5.74) is -0.448. The number of hydrogen-bond acceptors (Lipinski definition) is 3. The fraction of sp³-hybridized carbons (Fsp3) is 0.909. The van der Waals surface area contributed by atoms with Gasteiger partial charge < -0.3 is 10.2 Å². The van der Waals surface area contributed by atoms with Gasteiger partial charge in [0, 0.05) is 23.6 Å². The monoisotopic (exact) mass is 230 g/mol. The highest BCUT2D eigenvalue weighted by Crippen LogP contribution is 2.26. The lowest BCUT2D eigenvalue weighted by molar-refractivity contribution is -0.138. The molecule has 1 aliphatic rings. The zero-order valence-corrected chi connectivity index (χ0v) is 11.1. The van der Waals surface area contributed by atoms with Crippen LogP contribution in [0.3, 0.4) is 0 Å². The van der Waals surface area contributed by atoms with Crippen LogP contribution in [0.1, 0.15) is 27.7 Å². The van der Waals surface area contributed by atoms with E-state index in [2.05, 4.69) is 19.2 Å². The van der Waals surface area contributed by atoms with Crippen LogP contribution in [0.2, 0.25) is 0 Å². The Bertz CT molecular complexity index is 243. The van der Waals surface area contributed by atoms with Gasteiger partial charge in [0.15, 0.2) is 0 Å². The van der Waals surface area contributed by atoms with Crippen LogP contribution in [0.4, 0.5) is 0 Å². The maximum atomic E-state index is 12.3. The Morgan fingerprint density at radius 2 is 2.07 bits per heavy atom. The zero-order chi connectivity index (χ0) is 11.6. The van der Waals surface area contributed by atoms with Crippen molar-refractivity contribution >= 4 is 17.7 Å². The standard InChI is InChI=1S/C11H22N2OS/c1-8-9(2)15-7-6-13(8)10(14)11(3,4)12-5/h8-9,12H,6-7H2,1-5H3. The highest BCUT2D eigenvalue weighted by Gasteiger charge is 2.36. The van der Waals surface area contributed by atoms with E-state index >= 15 is 0 Å². The first-order chi connectivity index (χ1) is 6.90. The van der Waals surface area contributed by atoms with Crippen LogP contribution >= 0.6 is 11.8 Å². The lowest BCUT2D eigenvalue weighted by Crippen LogP contribution is -2.58. The molecule has 0 aromatic heterocycles. The maximum Gasteiger partial charge on any atom is 0.242 e. The van der Waals surface area contributed by atoms with E-state index in [1.54, 1.807) is 0 Å². The van der Waals surface area contributed by atoms with E-state index in [4.69, 9.17) is 0 Å². The normalized spacial score (nSPS) is 27.9. The van der Waals surface area contributed by atoms with Gasteiger partial charge in [0.2, 0.25) is 5.91 Å². The Kier molecular flexibility index (Phi) is 4.06. The Balaban J connectivity index is 2.74. The van der Waals surface area contributed by atoms with Gasteiger partial charge in [-0.3, -0.25) is 4.79 Å². The summed E-state index contributed by atoms with van der Waals surface area (Å²) in [5.74, 6) is 1.27. The van der Waals surface area contributed by atoms with Crippen LogP contribution in [0, 0.1) is 0 Å². The molecule has 0 aliphatic carbocycles. The second-order valence-electron chi connectivity index (χ2n) is 4.69. The number of thioether (sulfide) groups is 1. The number of carbonyl (C=O) groups excluding carboxylic acids is 1. The van der Waals surface area contributed by atoms with E-state index < -0.39 is 5.54 Å². The predicted molar refractivity (Wildman–Crippen MR) is 66.2 cm³/mol. The molecule has 0 radical (unpaired) electrons. The Labute approximate surface area is 97.0 Å². The lowest BCUT2D eigenvalue weighted by Gasteiger charge is -2.41. The summed E-state index contributed by atoms with van der Waals surface area (Å²) in [5, 5.41) is 3.61. The molecular formula is C11H22N2OS. The Hall–Kier alpha value is -0.220. The molecule has 2 atom stereocenters. The van der Waals surface area contributed by atoms with Gasteiger partial charge in [-0.05, 0) is 27.8 Å². The Morgan fingerprint density at radius 1 is 1.47 bits per heavy atom. The van der Waals surface area contributed by atoms with E-state index in [1.165, 1.54) is 0 Å². The summed E-state index contributed by atoms with van der Waals surface area (Å²) >= 11 is 1.95. The first kappa shape index (κ1) is 12.8. The molecule has 3 nitrogen and oxygen atoms in total. The highest BCUT2D eigenvalue weighted by atomic mass is 32.2. The van der Waals surface area contributed by atoms with Crippen LogP contribution in [0.15, 0.2) is 0 Å². The first-order valence-corrected chi connectivity index (χ1v) is 6.56. The quantitative estimate of drug-likeness (QED) is 0.777. The van der Waals surface area contributed by atoms with Crippen LogP contribution in [-0.4, -0.2) is 47.0 Å². The van der Waals surface area contributed by atoms with Gasteiger partial charge in [0.05, 0.1) is 5.54 Å². The van der Waals surface area contributed by atoms with Gasteiger partial charge in [-0.2, -0.15) is 11.8 Å². The number of carbonyl (C=O) groups is 1. The topological polar surface area (TPSA) is 32.3 Å². The average molecular weight is 230 g/mol. The third-order valence-electron chi connectivity index (χ3n) is 3.30. The summed E-state index contributed by atoms with van der Waals surface area (Å²) in [7, 11) is 1.84. The van der Waals surface area contributed by atoms with Gasteiger partial charge in [0.25, 0.3) is 0 Å². The first-order valence-electron chi connectivity index (χ1n) is 5.51. The molecule has 88 valence electrons. The van der Waals surface area contributed by atoms with E-state index in [0.717, 1.165) is 12.3 Å². The van der Waals surface area contributed by atoms with E-state index in [1.807, 2.05) is 37.6 Å². The molecule has 1 rings (SSSR count). The molecule has 1 heterocycles. The minimum absolute atomic E-state index is 0.213. The van der Waals surface area contributed by atoms with Gasteiger partial charge in [-0.15, -0.1) is 0 Å². The molecule has 1 fully saturated rings. The minimum Gasteiger partial charge on any atom is -0.336 e. The van der Waals surface area contributed by atoms with Crippen molar-refractivity contribution in [3.8, 4) is 0 Å². The van der Waals surface area contributed by atoms with Gasteiger partial charge >= 0.3 is 0 Å². The van der Waals surface area contributed by atoms with E-state index in [9.17, 15) is 4.79 Å². The van der Waals surface area contributed by atoms with Crippen molar-refractivity contribution < 1.29 is 4.79 Å². The van der Waals surface area contributed by atoms with Crippen molar-refractivity contribution in [1.82, 2.24) is 10.2 Å². The number of rotatable bonds is 2. The van der Waals surface area contributed by atoms with Crippen molar-refractivity contribution in [1.29, 1.82) is 0 Å². The summed E-state index contributed by atoms with van der Waals surface area (Å²) in [4.78, 5) is 14.3. The molecule has 0 saturated carbocycles. The molecular weight excluding hydrogens is 208 g/mol. The number of likely N-dealkylation sites (N-methyl/N-ethyl adjacent to an activating group) is 1. The number of hydrogen-bond donors (Lipinski definition) is 1. The van der Waals surface area contributed by atoms with Gasteiger partial charge in [0.1, 0.15) is 0 Å². The zero-order valence-electron chi connectivity index (χ0n) is 10.3. The van der Waals surface area contributed by atoms with Crippen LogP contribution in [0.5, 0.6) is 0 Å². The minimum atomic E-state index is -0.448. The van der Waals surface area contributed by atoms with E-state index in [0.29, 0.717) is 11.3 Å². The smallest absolute Gasteiger partial charge is 0.242 e. The molecule has 1 aliphatic heterocycles. The SMILES string of the molecule is CNC(C)(C)C(=O)N1CCSC(C)C1C. The molecule has 1 saturated heterocycles. The molecule has 15 heavy (non-hydrogen) atoms. The second kappa shape index (κ2) is 4.74. The summed E-state index contributed by atoms with van der Waals surface area (Å²) in [6.45, 7) is 9.09. The van der Waals surface area contributed by atoms with Gasteiger partial charge in [-0.25, -0.2) is 0 Å². The van der Waals surface area contributed by atoms with Crippen molar-refractivity contribution in [3.05, 3.63) is 0 Å². The Morgan fingerprint density at radius 3 is 2.60 bits per heavy atom. The largest absolute Gasteiger partial charge is 0.336 e. The molecule has 0 aromatic rings. The van der Waals surface area contributed by atoms with Crippen LogP contribution in [0.25, 0.3) is 0 Å². The molecule has 0 aromatic carbocycles. The summed E-state index contributed by atoms with van der Waals surface area (Å²) in [6, 6.07) is 0.337. The molecule has 1 N–H and O–H groups in total. The molecule has 4 heteroatoms. The second-order valence-corrected chi connectivity index (χ2v) is 6.18. The number of nitrogens with zero attached hydrogens (tertiary/aromatic N) is 1. The van der Waals surface area contributed by atoms with Crippen LogP contribution < -0.4 is 5.32 Å². The third-order valence-corrected chi connectivity index (χ3v) is 4.64. The van der Waals surface area contributed by atoms with E-state index in [-0.39, 0.29) is 5.91 Å².